The third kappa shape index (κ3) is 1.14. The number of benzene rings is 1. The van der Waals surface area contributed by atoms with Crippen molar-refractivity contribution < 1.29 is 5.11 Å². The molecule has 0 saturated carbocycles. The highest BCUT2D eigenvalue weighted by atomic mass is 16.3. The van der Waals surface area contributed by atoms with Crippen molar-refractivity contribution in [2.75, 3.05) is 17.7 Å². The summed E-state index contributed by atoms with van der Waals surface area (Å²) >= 11 is 0. The Hall–Kier alpha value is -1.91. The molecule has 2 rings (SSSR count). The second-order valence-corrected chi connectivity index (χ2v) is 3.00. The molecule has 0 spiro atoms. The molecular formula is C9H12N4O. The Morgan fingerprint density at radius 2 is 2.36 bits per heavy atom. The first-order chi connectivity index (χ1) is 6.74. The summed E-state index contributed by atoms with van der Waals surface area (Å²) in [7, 11) is 0. The van der Waals surface area contributed by atoms with Gasteiger partial charge in [0.25, 0.3) is 0 Å². The van der Waals surface area contributed by atoms with Crippen LogP contribution in [0, 0.1) is 0 Å². The van der Waals surface area contributed by atoms with Crippen LogP contribution in [0.2, 0.25) is 0 Å². The molecule has 0 aliphatic heterocycles. The van der Waals surface area contributed by atoms with Crippen molar-refractivity contribution in [2.24, 2.45) is 0 Å². The van der Waals surface area contributed by atoms with Crippen LogP contribution in [0.3, 0.4) is 0 Å². The van der Waals surface area contributed by atoms with Gasteiger partial charge in [0.2, 0.25) is 0 Å². The lowest BCUT2D eigenvalue weighted by Crippen LogP contribution is -2.15. The first-order valence-electron chi connectivity index (χ1n) is 4.43. The van der Waals surface area contributed by atoms with E-state index in [2.05, 4.69) is 10.5 Å². The zero-order valence-corrected chi connectivity index (χ0v) is 7.86. The summed E-state index contributed by atoms with van der Waals surface area (Å²) in [6, 6.07) is 3.23. The molecule has 2 aromatic rings. The van der Waals surface area contributed by atoms with E-state index in [4.69, 9.17) is 5.73 Å². The number of nitrogens with two attached hydrogens (primary N) is 1. The van der Waals surface area contributed by atoms with Crippen LogP contribution < -0.4 is 11.2 Å². The maximum Gasteiger partial charge on any atom is 0.126 e. The maximum atomic E-state index is 9.54. The Kier molecular flexibility index (Phi) is 1.92. The van der Waals surface area contributed by atoms with E-state index in [0.717, 1.165) is 6.54 Å². The number of phenolic OH excluding ortho intramolecular Hbond substituents is 1. The summed E-state index contributed by atoms with van der Waals surface area (Å²) in [5.74, 6) is 0.193. The van der Waals surface area contributed by atoms with Gasteiger partial charge in [-0.15, -0.1) is 0 Å². The van der Waals surface area contributed by atoms with Crippen LogP contribution in [0.15, 0.2) is 18.3 Å². The number of nitrogens with zero attached hydrogens (tertiary/aromatic N) is 2. The fraction of sp³-hybridized carbons (Fsp3) is 0.222. The highest BCUT2D eigenvalue weighted by molar-refractivity contribution is 5.94. The molecule has 4 N–H and O–H groups in total. The minimum Gasteiger partial charge on any atom is -0.507 e. The van der Waals surface area contributed by atoms with Gasteiger partial charge in [0.15, 0.2) is 0 Å². The average molecular weight is 192 g/mol. The number of hydrogen-bond donors (Lipinski definition) is 3. The molecule has 14 heavy (non-hydrogen) atoms. The Bertz CT molecular complexity index is 463. The normalized spacial score (nSPS) is 10.6. The summed E-state index contributed by atoms with van der Waals surface area (Å²) in [5.41, 5.74) is 10.1. The van der Waals surface area contributed by atoms with Gasteiger partial charge in [0.1, 0.15) is 11.3 Å². The van der Waals surface area contributed by atoms with Crippen molar-refractivity contribution in [3.63, 3.8) is 0 Å². The third-order valence-electron chi connectivity index (χ3n) is 2.05. The molecular weight excluding hydrogens is 180 g/mol. The molecule has 5 nitrogen and oxygen atoms in total. The number of nitrogen functional groups attached to an aromatic ring is 1. The van der Waals surface area contributed by atoms with E-state index < -0.39 is 0 Å². The zero-order valence-electron chi connectivity index (χ0n) is 7.86. The number of anilines is 1. The second-order valence-electron chi connectivity index (χ2n) is 3.00. The van der Waals surface area contributed by atoms with Crippen LogP contribution in [0.4, 0.5) is 5.69 Å². The fourth-order valence-corrected chi connectivity index (χ4v) is 1.42. The van der Waals surface area contributed by atoms with E-state index in [1.54, 1.807) is 23.1 Å². The lowest BCUT2D eigenvalue weighted by molar-refractivity contribution is 0.481. The van der Waals surface area contributed by atoms with E-state index in [0.29, 0.717) is 16.6 Å². The predicted octanol–water partition coefficient (Wildman–Crippen LogP) is 0.887. The van der Waals surface area contributed by atoms with Crippen molar-refractivity contribution in [3.05, 3.63) is 18.3 Å². The Morgan fingerprint density at radius 1 is 1.57 bits per heavy atom. The third-order valence-corrected chi connectivity index (χ3v) is 2.05. The molecule has 5 heteroatoms. The molecule has 0 bridgehead atoms. The first-order valence-corrected chi connectivity index (χ1v) is 4.43. The largest absolute Gasteiger partial charge is 0.507 e. The minimum absolute atomic E-state index is 0.193. The summed E-state index contributed by atoms with van der Waals surface area (Å²) in [6.45, 7) is 2.71. The lowest BCUT2D eigenvalue weighted by atomic mass is 10.2. The quantitative estimate of drug-likeness (QED) is 0.488. The molecule has 0 unspecified atom stereocenters. The highest BCUT2D eigenvalue weighted by Crippen LogP contribution is 2.28. The fourth-order valence-electron chi connectivity index (χ4n) is 1.42. The smallest absolute Gasteiger partial charge is 0.126 e. The molecule has 74 valence electrons. The minimum atomic E-state index is 0.193. The van der Waals surface area contributed by atoms with Crippen molar-refractivity contribution >= 4 is 16.6 Å². The van der Waals surface area contributed by atoms with Crippen LogP contribution in [-0.4, -0.2) is 21.5 Å². The molecule has 0 aliphatic rings. The van der Waals surface area contributed by atoms with Gasteiger partial charge in [-0.3, -0.25) is 0 Å². The van der Waals surface area contributed by atoms with Gasteiger partial charge < -0.3 is 16.3 Å². The van der Waals surface area contributed by atoms with Crippen molar-refractivity contribution in [3.8, 4) is 5.75 Å². The summed E-state index contributed by atoms with van der Waals surface area (Å²) in [6.07, 6.45) is 1.59. The van der Waals surface area contributed by atoms with Crippen LogP contribution in [-0.2, 0) is 0 Å². The Labute approximate surface area is 81.1 Å². The molecule has 0 aliphatic carbocycles. The molecule has 1 aromatic heterocycles. The monoisotopic (exact) mass is 192 g/mol. The summed E-state index contributed by atoms with van der Waals surface area (Å²) < 4.78 is 0. The van der Waals surface area contributed by atoms with Gasteiger partial charge in [0, 0.05) is 6.54 Å². The Morgan fingerprint density at radius 3 is 3.07 bits per heavy atom. The first kappa shape index (κ1) is 8.68. The maximum absolute atomic E-state index is 9.54. The van der Waals surface area contributed by atoms with Crippen LogP contribution >= 0.6 is 0 Å². The Balaban J connectivity index is 2.70. The number of nitrogens with one attached hydrogen (secondary N) is 1. The summed E-state index contributed by atoms with van der Waals surface area (Å²) in [5, 5.41) is 14.3. The van der Waals surface area contributed by atoms with Gasteiger partial charge in [0.05, 0.1) is 17.3 Å². The number of aromatic nitrogens is 2. The van der Waals surface area contributed by atoms with Gasteiger partial charge in [-0.05, 0) is 19.1 Å². The SMILES string of the molecule is CCNn1ncc2c(O)ccc(N)c21. The van der Waals surface area contributed by atoms with Crippen LogP contribution in [0.5, 0.6) is 5.75 Å². The van der Waals surface area contributed by atoms with Crippen molar-refractivity contribution in [1.82, 2.24) is 9.89 Å². The highest BCUT2D eigenvalue weighted by Gasteiger charge is 2.08. The van der Waals surface area contributed by atoms with Crippen molar-refractivity contribution in [1.29, 1.82) is 0 Å². The van der Waals surface area contributed by atoms with Crippen molar-refractivity contribution in [2.45, 2.75) is 6.92 Å². The molecule has 1 heterocycles. The predicted molar refractivity (Wildman–Crippen MR) is 55.7 cm³/mol. The van der Waals surface area contributed by atoms with Gasteiger partial charge in [-0.25, -0.2) is 0 Å². The van der Waals surface area contributed by atoms with E-state index in [1.165, 1.54) is 0 Å². The van der Waals surface area contributed by atoms with E-state index in [-0.39, 0.29) is 5.75 Å². The standard InChI is InChI=1S/C9H12N4O/c1-2-11-13-9-6(5-12-13)8(14)4-3-7(9)10/h3-5,11,14H,2,10H2,1H3. The molecule has 0 radical (unpaired) electrons. The van der Waals surface area contributed by atoms with Gasteiger partial charge >= 0.3 is 0 Å². The molecule has 1 aromatic carbocycles. The molecule has 0 fully saturated rings. The number of fused-ring (bicyclic) bond motifs is 1. The topological polar surface area (TPSA) is 76.1 Å². The van der Waals surface area contributed by atoms with Gasteiger partial charge in [-0.1, -0.05) is 0 Å². The van der Waals surface area contributed by atoms with Crippen LogP contribution in [0.25, 0.3) is 10.9 Å². The number of phenols is 1. The lowest BCUT2D eigenvalue weighted by Gasteiger charge is -2.06. The molecule has 0 atom stereocenters. The zero-order chi connectivity index (χ0) is 10.1. The molecule has 0 amide bonds. The number of hydrogen-bond acceptors (Lipinski definition) is 4. The van der Waals surface area contributed by atoms with E-state index in [9.17, 15) is 5.11 Å². The van der Waals surface area contributed by atoms with Crippen LogP contribution in [0.1, 0.15) is 6.92 Å². The summed E-state index contributed by atoms with van der Waals surface area (Å²) in [4.78, 5) is 1.57. The number of rotatable bonds is 2. The van der Waals surface area contributed by atoms with E-state index in [1.807, 2.05) is 6.92 Å². The number of aromatic hydroxyl groups is 1. The van der Waals surface area contributed by atoms with E-state index >= 15 is 0 Å². The second kappa shape index (κ2) is 3.10. The average Bonchev–Trinajstić information content (AvgIpc) is 2.58. The molecule has 0 saturated heterocycles. The van der Waals surface area contributed by atoms with Gasteiger partial charge in [-0.2, -0.15) is 9.89 Å².